The van der Waals surface area contributed by atoms with Crippen molar-refractivity contribution in [3.05, 3.63) is 68.2 Å². The second-order valence-electron chi connectivity index (χ2n) is 6.55. The highest BCUT2D eigenvalue weighted by Crippen LogP contribution is 2.53. The molecule has 7 nitrogen and oxygen atoms in total. The van der Waals surface area contributed by atoms with E-state index in [0.717, 1.165) is 21.7 Å². The van der Waals surface area contributed by atoms with E-state index in [2.05, 4.69) is 25.4 Å². The van der Waals surface area contributed by atoms with Crippen molar-refractivity contribution in [1.29, 1.82) is 5.41 Å². The second-order valence-corrected chi connectivity index (χ2v) is 11.1. The molecular formula is C19H16BrF2N2O5PS2. The van der Waals surface area contributed by atoms with Gasteiger partial charge in [-0.15, -0.1) is 32.6 Å². The van der Waals surface area contributed by atoms with Gasteiger partial charge in [-0.25, -0.2) is 0 Å². The summed E-state index contributed by atoms with van der Waals surface area (Å²) in [7, 11) is -4.50. The molecule has 0 bridgehead atoms. The van der Waals surface area contributed by atoms with Crippen molar-refractivity contribution in [2.75, 3.05) is 5.75 Å². The van der Waals surface area contributed by atoms with Crippen LogP contribution in [-0.2, 0) is 31.5 Å². The van der Waals surface area contributed by atoms with Crippen LogP contribution in [0, 0.1) is 5.41 Å². The molecule has 2 aromatic carbocycles. The lowest BCUT2D eigenvalue weighted by Crippen LogP contribution is -2.15. The maximum atomic E-state index is 12.4. The number of rotatable bonds is 10. The van der Waals surface area contributed by atoms with E-state index < -0.39 is 19.7 Å². The van der Waals surface area contributed by atoms with Crippen LogP contribution in [-0.4, -0.2) is 21.4 Å². The molecule has 0 aliphatic rings. The Morgan fingerprint density at radius 1 is 1.22 bits per heavy atom. The third kappa shape index (κ3) is 6.15. The summed E-state index contributed by atoms with van der Waals surface area (Å²) in [6.45, 7) is 0.350. The molecule has 0 radical (unpaired) electrons. The summed E-state index contributed by atoms with van der Waals surface area (Å²) < 4.78 is 45.0. The van der Waals surface area contributed by atoms with Gasteiger partial charge in [-0.1, -0.05) is 40.2 Å². The van der Waals surface area contributed by atoms with Gasteiger partial charge in [-0.05, 0) is 43.9 Å². The average molecular weight is 565 g/mol. The fourth-order valence-corrected chi connectivity index (χ4v) is 5.85. The van der Waals surface area contributed by atoms with Gasteiger partial charge in [0.1, 0.15) is 0 Å². The Kier molecular flexibility index (Phi) is 8.43. The summed E-state index contributed by atoms with van der Waals surface area (Å²) >= 11 is 5.79. The van der Waals surface area contributed by atoms with E-state index >= 15 is 0 Å². The van der Waals surface area contributed by atoms with Crippen LogP contribution in [0.2, 0.25) is 0 Å². The van der Waals surface area contributed by atoms with Gasteiger partial charge >= 0.3 is 13.6 Å². The summed E-state index contributed by atoms with van der Waals surface area (Å²) in [4.78, 5) is 11.9. The molecule has 0 saturated heterocycles. The van der Waals surface area contributed by atoms with Gasteiger partial charge in [0.15, 0.2) is 4.80 Å². The first kappa shape index (κ1) is 24.8. The van der Waals surface area contributed by atoms with Gasteiger partial charge < -0.3 is 9.67 Å². The number of hydrogen-bond acceptors (Lipinski definition) is 7. The topological polar surface area (TPSA) is 102 Å². The van der Waals surface area contributed by atoms with Crippen LogP contribution < -0.4 is 4.80 Å². The van der Waals surface area contributed by atoms with Gasteiger partial charge in [-0.2, -0.15) is 0 Å². The monoisotopic (exact) mass is 564 g/mol. The van der Waals surface area contributed by atoms with Crippen molar-refractivity contribution in [2.24, 2.45) is 0 Å². The molecule has 32 heavy (non-hydrogen) atoms. The third-order valence-corrected chi connectivity index (χ3v) is 8.03. The molecule has 0 amide bonds. The number of halogens is 3. The molecule has 2 N–H and O–H groups in total. The lowest BCUT2D eigenvalue weighted by atomic mass is 10.1. The summed E-state index contributed by atoms with van der Waals surface area (Å²) in [5.41, 5.74) is 2.82. The van der Waals surface area contributed by atoms with Crippen molar-refractivity contribution in [2.45, 2.75) is 17.6 Å². The van der Waals surface area contributed by atoms with Crippen molar-refractivity contribution in [3.8, 4) is 11.3 Å². The van der Waals surface area contributed by atoms with Crippen molar-refractivity contribution in [1.82, 2.24) is 4.57 Å². The van der Waals surface area contributed by atoms with Crippen LogP contribution in [0.1, 0.15) is 11.1 Å². The number of hydrogen-bond donors (Lipinski definition) is 2. The zero-order valence-electron chi connectivity index (χ0n) is 16.2. The number of nitrogens with one attached hydrogen (secondary N) is 1. The molecular weight excluding hydrogens is 549 g/mol. The number of carbonyl (C=O) groups is 1. The maximum absolute atomic E-state index is 12.4. The normalized spacial score (nSPS) is 11.6. The molecule has 3 rings (SSSR count). The lowest BCUT2D eigenvalue weighted by Gasteiger charge is -2.12. The zero-order valence-corrected chi connectivity index (χ0v) is 20.3. The molecule has 0 aliphatic heterocycles. The zero-order chi connectivity index (χ0) is 23.3. The summed E-state index contributed by atoms with van der Waals surface area (Å²) in [6.07, 6.45) is -0.590. The molecule has 170 valence electrons. The van der Waals surface area contributed by atoms with Crippen LogP contribution in [0.25, 0.3) is 11.3 Å². The lowest BCUT2D eigenvalue weighted by molar-refractivity contribution is -0.133. The molecule has 1 heterocycles. The van der Waals surface area contributed by atoms with Crippen LogP contribution in [0.3, 0.4) is 0 Å². The van der Waals surface area contributed by atoms with Crippen molar-refractivity contribution < 1.29 is 33.0 Å². The summed E-state index contributed by atoms with van der Waals surface area (Å²) in [5.74, 6) is -0.910. The van der Waals surface area contributed by atoms with Crippen molar-refractivity contribution >= 4 is 52.6 Å². The van der Waals surface area contributed by atoms with Gasteiger partial charge in [-0.3, -0.25) is 14.8 Å². The number of benzene rings is 2. The summed E-state index contributed by atoms with van der Waals surface area (Å²) in [6, 6.07) is 12.3. The molecule has 0 fully saturated rings. The number of nitrogens with zero attached hydrogens (tertiary/aromatic N) is 1. The predicted molar refractivity (Wildman–Crippen MR) is 121 cm³/mol. The van der Waals surface area contributed by atoms with Gasteiger partial charge in [0.2, 0.25) is 0 Å². The Morgan fingerprint density at radius 2 is 1.91 bits per heavy atom. The molecule has 0 unspecified atom stereocenters. The van der Waals surface area contributed by atoms with Crippen LogP contribution >= 0.6 is 46.6 Å². The number of carboxylic acid groups (broad SMARTS) is 1. The quantitative estimate of drug-likeness (QED) is 0.225. The Bertz CT molecular complexity index is 1210. The first-order valence-corrected chi connectivity index (χ1v) is 13.3. The molecule has 0 saturated carbocycles. The number of thiazole rings is 1. The number of aliphatic carboxylic acids is 1. The Hall–Kier alpha value is -1.82. The number of aromatic nitrogens is 1. The van der Waals surface area contributed by atoms with Crippen LogP contribution in [0.4, 0.5) is 9.05 Å². The molecule has 0 spiro atoms. The van der Waals surface area contributed by atoms with Gasteiger partial charge in [0.25, 0.3) is 0 Å². The minimum Gasteiger partial charge on any atom is -0.481 e. The van der Waals surface area contributed by atoms with E-state index in [9.17, 15) is 18.4 Å². The van der Waals surface area contributed by atoms with E-state index in [1.54, 1.807) is 22.8 Å². The van der Waals surface area contributed by atoms with E-state index in [1.807, 2.05) is 29.6 Å². The predicted octanol–water partition coefficient (Wildman–Crippen LogP) is 6.18. The molecule has 1 aromatic heterocycles. The SMILES string of the molecule is N=c1scc(-c2ccc(SCC(=O)O)cc2)n1Cc1ccc(CP(=O)(OF)OF)c(Br)c1. The van der Waals surface area contributed by atoms with Crippen LogP contribution in [0.15, 0.2) is 57.2 Å². The van der Waals surface area contributed by atoms with E-state index in [1.165, 1.54) is 23.1 Å². The van der Waals surface area contributed by atoms with Crippen molar-refractivity contribution in [3.63, 3.8) is 0 Å². The fourth-order valence-electron chi connectivity index (χ4n) is 2.86. The number of thioether (sulfide) groups is 1. The van der Waals surface area contributed by atoms with Gasteiger partial charge in [0.05, 0.1) is 24.2 Å². The molecule has 0 atom stereocenters. The first-order chi connectivity index (χ1) is 15.2. The highest BCUT2D eigenvalue weighted by Gasteiger charge is 2.29. The van der Waals surface area contributed by atoms with Crippen LogP contribution in [0.5, 0.6) is 0 Å². The third-order valence-electron chi connectivity index (χ3n) is 4.36. The standard InChI is InChI=1S/C19H16BrF2N2O5PS2/c20-16-7-12(1-2-14(16)9-30(27,28-21)29-22)8-24-17(10-32-19(24)23)13-3-5-15(6-4-13)31-11-18(25)26/h1-7,10,23H,8-9,11H2,(H,25,26). The Labute approximate surface area is 198 Å². The minimum absolute atomic E-state index is 0.0239. The average Bonchev–Trinajstić information content (AvgIpc) is 3.14. The molecule has 3 aromatic rings. The Balaban J connectivity index is 1.81. The maximum Gasteiger partial charge on any atom is 0.399 e. The largest absolute Gasteiger partial charge is 0.481 e. The minimum atomic E-state index is -4.50. The highest BCUT2D eigenvalue weighted by atomic mass is 79.9. The number of carboxylic acids is 1. The first-order valence-electron chi connectivity index (χ1n) is 8.89. The second kappa shape index (κ2) is 10.9. The highest BCUT2D eigenvalue weighted by molar-refractivity contribution is 9.10. The van der Waals surface area contributed by atoms with Gasteiger partial charge in [0, 0.05) is 14.7 Å². The fraction of sp³-hybridized carbons (Fsp3) is 0.158. The van der Waals surface area contributed by atoms with E-state index in [4.69, 9.17) is 10.5 Å². The smallest absolute Gasteiger partial charge is 0.399 e. The molecule has 13 heteroatoms. The Morgan fingerprint density at radius 3 is 2.50 bits per heavy atom. The van der Waals surface area contributed by atoms with E-state index in [0.29, 0.717) is 21.4 Å². The summed E-state index contributed by atoms with van der Waals surface area (Å²) in [5, 5.41) is 18.9. The van der Waals surface area contributed by atoms with E-state index in [-0.39, 0.29) is 5.75 Å². The molecule has 0 aliphatic carbocycles.